The number of fused-ring (bicyclic) bond motifs is 2. The molecule has 0 saturated heterocycles. The fourth-order valence-corrected chi connectivity index (χ4v) is 5.21. The smallest absolute Gasteiger partial charge is 0.293 e. The number of pyridine rings is 1. The van der Waals surface area contributed by atoms with Crippen LogP contribution in [0.2, 0.25) is 0 Å². The average Bonchev–Trinajstić information content (AvgIpc) is 3.07. The van der Waals surface area contributed by atoms with Crippen LogP contribution in [0.1, 0.15) is 56.7 Å². The van der Waals surface area contributed by atoms with Crippen LogP contribution in [-0.4, -0.2) is 19.6 Å². The molecule has 35 heavy (non-hydrogen) atoms. The van der Waals surface area contributed by atoms with E-state index in [2.05, 4.69) is 110 Å². The van der Waals surface area contributed by atoms with Gasteiger partial charge in [-0.25, -0.2) is 0 Å². The van der Waals surface area contributed by atoms with Gasteiger partial charge >= 0.3 is 0 Å². The van der Waals surface area contributed by atoms with E-state index in [1.807, 2.05) is 0 Å². The highest BCUT2D eigenvalue weighted by atomic mass is 16.5. The van der Waals surface area contributed by atoms with Crippen LogP contribution in [0, 0.1) is 6.92 Å². The Morgan fingerprint density at radius 1 is 1.06 bits per heavy atom. The fourth-order valence-electron chi connectivity index (χ4n) is 5.21. The van der Waals surface area contributed by atoms with Crippen molar-refractivity contribution in [2.45, 2.75) is 58.9 Å². The van der Waals surface area contributed by atoms with E-state index in [1.165, 1.54) is 39.0 Å². The number of likely N-dealkylation sites (N-methyl/N-ethyl adjacent to an activating group) is 1. The van der Waals surface area contributed by atoms with Crippen LogP contribution in [0.5, 0.6) is 0 Å². The number of aromatic nitrogens is 1. The first-order chi connectivity index (χ1) is 17.0. The van der Waals surface area contributed by atoms with Gasteiger partial charge in [0.25, 0.3) is 6.47 Å². The van der Waals surface area contributed by atoms with Crippen LogP contribution in [0.4, 0.5) is 5.69 Å². The van der Waals surface area contributed by atoms with Crippen molar-refractivity contribution < 1.29 is 14.1 Å². The van der Waals surface area contributed by atoms with Crippen LogP contribution in [0.15, 0.2) is 72.6 Å². The Hall–Kier alpha value is -3.40. The maximum absolute atomic E-state index is 10.3. The highest BCUT2D eigenvalue weighted by molar-refractivity contribution is 5.85. The third-order valence-electron chi connectivity index (χ3n) is 7.08. The largest absolute Gasteiger partial charge is 0.468 e. The summed E-state index contributed by atoms with van der Waals surface area (Å²) in [7, 11) is 0. The summed E-state index contributed by atoms with van der Waals surface area (Å²) in [6.45, 7) is 12.0. The van der Waals surface area contributed by atoms with Crippen molar-refractivity contribution in [2.75, 3.05) is 18.1 Å². The minimum Gasteiger partial charge on any atom is -0.468 e. The van der Waals surface area contributed by atoms with Gasteiger partial charge in [0.05, 0.1) is 12.0 Å². The number of aryl methyl sites for hydroxylation is 2. The quantitative estimate of drug-likeness (QED) is 0.193. The van der Waals surface area contributed by atoms with Crippen molar-refractivity contribution in [3.8, 4) is 0 Å². The zero-order valence-electron chi connectivity index (χ0n) is 21.5. The normalized spacial score (nSPS) is 15.8. The number of rotatable bonds is 10. The third-order valence-corrected chi connectivity index (χ3v) is 7.08. The van der Waals surface area contributed by atoms with Gasteiger partial charge in [-0.1, -0.05) is 55.8 Å². The Balaban J connectivity index is 1.56. The van der Waals surface area contributed by atoms with E-state index in [-0.39, 0.29) is 5.41 Å². The van der Waals surface area contributed by atoms with Crippen LogP contribution >= 0.6 is 0 Å². The summed E-state index contributed by atoms with van der Waals surface area (Å²) in [5, 5.41) is 1.26. The van der Waals surface area contributed by atoms with E-state index in [1.54, 1.807) is 0 Å². The first-order valence-electron chi connectivity index (χ1n) is 12.7. The lowest BCUT2D eigenvalue weighted by atomic mass is 9.83. The number of hydrogen-bond acceptors (Lipinski definition) is 3. The van der Waals surface area contributed by atoms with Gasteiger partial charge in [-0.15, -0.1) is 0 Å². The molecule has 1 aliphatic heterocycles. The lowest BCUT2D eigenvalue weighted by Crippen LogP contribution is -2.34. The van der Waals surface area contributed by atoms with Gasteiger partial charge in [-0.3, -0.25) is 4.79 Å². The summed E-state index contributed by atoms with van der Waals surface area (Å²) in [4.78, 5) is 12.7. The number of anilines is 1. The van der Waals surface area contributed by atoms with Gasteiger partial charge in [-0.2, -0.15) is 4.57 Å². The maximum atomic E-state index is 10.3. The summed E-state index contributed by atoms with van der Waals surface area (Å²) < 4.78 is 7.12. The fraction of sp³-hybridized carbons (Fsp3) is 0.355. The van der Waals surface area contributed by atoms with Crippen LogP contribution in [0.25, 0.3) is 17.0 Å². The van der Waals surface area contributed by atoms with Gasteiger partial charge in [-0.05, 0) is 56.0 Å². The molecule has 0 spiro atoms. The Morgan fingerprint density at radius 2 is 1.89 bits per heavy atom. The Labute approximate surface area is 209 Å². The number of hydrogen-bond donors (Lipinski definition) is 0. The molecule has 1 aliphatic rings. The van der Waals surface area contributed by atoms with Crippen molar-refractivity contribution in [1.29, 1.82) is 0 Å². The Kier molecular flexibility index (Phi) is 7.70. The first kappa shape index (κ1) is 24.7. The molecule has 182 valence electrons. The molecular weight excluding hydrogens is 432 g/mol. The zero-order valence-corrected chi connectivity index (χ0v) is 21.5. The molecule has 4 heteroatoms. The number of unbranched alkanes of at least 4 members (excludes halogenated alkanes) is 2. The summed E-state index contributed by atoms with van der Waals surface area (Å²) in [6.07, 6.45) is 11.9. The highest BCUT2D eigenvalue weighted by Crippen LogP contribution is 2.47. The summed E-state index contributed by atoms with van der Waals surface area (Å²) in [5.41, 5.74) is 7.81. The van der Waals surface area contributed by atoms with Crippen LogP contribution < -0.4 is 9.47 Å². The number of allylic oxidation sites excluding steroid dienone is 3. The van der Waals surface area contributed by atoms with Gasteiger partial charge < -0.3 is 9.64 Å². The predicted molar refractivity (Wildman–Crippen MR) is 144 cm³/mol. The Morgan fingerprint density at radius 3 is 2.69 bits per heavy atom. The number of benzene rings is 2. The highest BCUT2D eigenvalue weighted by Gasteiger charge is 2.39. The molecule has 3 aromatic rings. The van der Waals surface area contributed by atoms with Crippen molar-refractivity contribution in [3.63, 3.8) is 0 Å². The molecule has 0 atom stereocenters. The summed E-state index contributed by atoms with van der Waals surface area (Å²) in [6, 6.07) is 17.6. The number of carbonyl (C=O) groups is 1. The van der Waals surface area contributed by atoms with Gasteiger partial charge in [0.15, 0.2) is 6.20 Å². The number of ether oxygens (including phenoxy) is 1. The molecule has 0 amide bonds. The molecule has 4 nitrogen and oxygen atoms in total. The molecule has 0 aliphatic carbocycles. The second-order valence-corrected chi connectivity index (χ2v) is 9.81. The first-order valence-corrected chi connectivity index (χ1v) is 12.7. The van der Waals surface area contributed by atoms with E-state index in [0.717, 1.165) is 32.4 Å². The molecule has 1 aromatic heterocycles. The topological polar surface area (TPSA) is 33.4 Å². The minimum atomic E-state index is -0.0275. The van der Waals surface area contributed by atoms with Crippen molar-refractivity contribution in [1.82, 2.24) is 0 Å². The van der Waals surface area contributed by atoms with Crippen LogP contribution in [0.3, 0.4) is 0 Å². The molecule has 0 bridgehead atoms. The lowest BCUT2D eigenvalue weighted by molar-refractivity contribution is -0.671. The lowest BCUT2D eigenvalue weighted by Gasteiger charge is -2.25. The van der Waals surface area contributed by atoms with E-state index in [0.29, 0.717) is 13.1 Å². The molecule has 4 rings (SSSR count). The molecule has 0 unspecified atom stereocenters. The van der Waals surface area contributed by atoms with Crippen molar-refractivity contribution >= 4 is 29.1 Å². The predicted octanol–water partition coefficient (Wildman–Crippen LogP) is 6.49. The second-order valence-electron chi connectivity index (χ2n) is 9.81. The molecular formula is C31H37N2O2+. The van der Waals surface area contributed by atoms with E-state index < -0.39 is 0 Å². The summed E-state index contributed by atoms with van der Waals surface area (Å²) >= 11 is 0. The number of nitrogens with zero attached hydrogens (tertiary/aromatic N) is 2. The van der Waals surface area contributed by atoms with Gasteiger partial charge in [0.1, 0.15) is 6.54 Å². The molecule has 2 heterocycles. The maximum Gasteiger partial charge on any atom is 0.293 e. The third kappa shape index (κ3) is 5.17. The molecule has 0 N–H and O–H groups in total. The number of para-hydroxylation sites is 1. The van der Waals surface area contributed by atoms with E-state index in [9.17, 15) is 4.79 Å². The molecule has 0 radical (unpaired) electrons. The second kappa shape index (κ2) is 10.9. The van der Waals surface area contributed by atoms with Gasteiger partial charge in [0.2, 0.25) is 5.52 Å². The summed E-state index contributed by atoms with van der Waals surface area (Å²) in [5.74, 6) is 0. The van der Waals surface area contributed by atoms with Crippen molar-refractivity contribution in [2.24, 2.45) is 0 Å². The average molecular weight is 470 g/mol. The van der Waals surface area contributed by atoms with E-state index in [4.69, 9.17) is 4.74 Å². The van der Waals surface area contributed by atoms with Crippen molar-refractivity contribution in [3.05, 3.63) is 89.3 Å². The SMILES string of the molecule is CCN1/C(=C/C=Cc2cc[n+](CCCCCOC=O)c3ccccc23)C(C)(C)c2cc(C)ccc21. The van der Waals surface area contributed by atoms with E-state index >= 15 is 0 Å². The zero-order chi connectivity index (χ0) is 24.8. The van der Waals surface area contributed by atoms with Gasteiger partial charge in [0, 0.05) is 41.9 Å². The Bertz CT molecular complexity index is 1260. The molecule has 2 aromatic carbocycles. The molecule has 0 fully saturated rings. The molecule has 0 saturated carbocycles. The standard InChI is InChI=1S/C31H37N2O2/c1-5-33-29-17-16-24(2)22-27(29)31(3,4)30(33)15-11-12-25-18-20-32(19-9-6-10-21-35-23-34)28-14-8-7-13-26(25)28/h7-8,11-18,20,22-23H,5-6,9-10,19,21H2,1-4H3/q+1. The minimum absolute atomic E-state index is 0.0275. The van der Waals surface area contributed by atoms with Crippen LogP contribution in [-0.2, 0) is 21.5 Å². The number of carbonyl (C=O) groups excluding carboxylic acids is 1. The monoisotopic (exact) mass is 469 g/mol.